The molecule has 0 bridgehead atoms. The largest absolute Gasteiger partial charge is 0.300 e. The molecule has 0 amide bonds. The third-order valence-corrected chi connectivity index (χ3v) is 1.63. The molecule has 0 heterocycles. The highest BCUT2D eigenvalue weighted by Crippen LogP contribution is 2.02. The Hall–Kier alpha value is -0.660. The first-order chi connectivity index (χ1) is 5.16. The molecule has 0 unspecified atom stereocenters. The molecular formula is C9H16O2. The minimum atomic E-state index is 0.217. The third kappa shape index (κ3) is 7.23. The Morgan fingerprint density at radius 1 is 1.09 bits per heavy atom. The van der Waals surface area contributed by atoms with E-state index >= 15 is 0 Å². The Kier molecular flexibility index (Phi) is 5.71. The predicted octanol–water partition coefficient (Wildman–Crippen LogP) is 2.11. The average molecular weight is 156 g/mol. The highest BCUT2D eigenvalue weighted by Gasteiger charge is 1.98. The topological polar surface area (TPSA) is 34.1 Å². The van der Waals surface area contributed by atoms with Gasteiger partial charge in [-0.3, -0.25) is 4.79 Å². The first-order valence-electron chi connectivity index (χ1n) is 4.18. The Labute approximate surface area is 68.0 Å². The molecule has 0 aromatic heterocycles. The molecule has 0 saturated carbocycles. The molecule has 2 heteroatoms. The van der Waals surface area contributed by atoms with Crippen molar-refractivity contribution in [2.75, 3.05) is 0 Å². The van der Waals surface area contributed by atoms with E-state index in [-0.39, 0.29) is 5.78 Å². The maximum absolute atomic E-state index is 10.8. The summed E-state index contributed by atoms with van der Waals surface area (Å²) in [5, 5.41) is 0. The van der Waals surface area contributed by atoms with Crippen LogP contribution in [0.3, 0.4) is 0 Å². The Morgan fingerprint density at radius 2 is 1.64 bits per heavy atom. The normalized spacial score (nSPS) is 9.64. The number of unbranched alkanes of at least 4 members (excludes halogenated alkanes) is 1. The van der Waals surface area contributed by atoms with Gasteiger partial charge in [-0.2, -0.15) is 0 Å². The van der Waals surface area contributed by atoms with Crippen LogP contribution < -0.4 is 0 Å². The molecule has 0 atom stereocenters. The van der Waals surface area contributed by atoms with Crippen LogP contribution in [-0.2, 0) is 9.59 Å². The molecule has 0 rings (SSSR count). The van der Waals surface area contributed by atoms with Gasteiger partial charge in [0.2, 0.25) is 0 Å². The number of carbonyl (C=O) groups excluding carboxylic acids is 2. The van der Waals surface area contributed by atoms with Crippen molar-refractivity contribution in [1.29, 1.82) is 0 Å². The van der Waals surface area contributed by atoms with Gasteiger partial charge in [0.15, 0.2) is 0 Å². The van der Waals surface area contributed by atoms with Gasteiger partial charge in [0.05, 0.1) is 0 Å². The first kappa shape index (κ1) is 10.3. The van der Waals surface area contributed by atoms with Gasteiger partial charge in [-0.05, 0) is 19.8 Å². The van der Waals surface area contributed by atoms with Crippen LogP contribution in [0.25, 0.3) is 0 Å². The number of ketones is 2. The van der Waals surface area contributed by atoms with E-state index in [1.54, 1.807) is 6.92 Å². The van der Waals surface area contributed by atoms with Crippen molar-refractivity contribution in [3.8, 4) is 0 Å². The molecule has 0 fully saturated rings. The van der Waals surface area contributed by atoms with Crippen molar-refractivity contribution in [2.45, 2.75) is 46.0 Å². The number of hydrogen-bond acceptors (Lipinski definition) is 2. The summed E-state index contributed by atoms with van der Waals surface area (Å²) in [7, 11) is 0. The molecule has 64 valence electrons. The predicted molar refractivity (Wildman–Crippen MR) is 44.4 cm³/mol. The van der Waals surface area contributed by atoms with Crippen LogP contribution in [0.1, 0.15) is 46.0 Å². The van der Waals surface area contributed by atoms with Crippen molar-refractivity contribution < 1.29 is 9.59 Å². The molecule has 0 radical (unpaired) electrons. The smallest absolute Gasteiger partial charge is 0.132 e. The van der Waals surface area contributed by atoms with Crippen LogP contribution in [-0.4, -0.2) is 11.6 Å². The van der Waals surface area contributed by atoms with E-state index in [1.807, 2.05) is 6.92 Å². The minimum Gasteiger partial charge on any atom is -0.300 e. The van der Waals surface area contributed by atoms with Gasteiger partial charge in [-0.15, -0.1) is 0 Å². The molecule has 0 spiro atoms. The number of carbonyl (C=O) groups is 2. The van der Waals surface area contributed by atoms with Crippen LogP contribution in [0.2, 0.25) is 0 Å². The lowest BCUT2D eigenvalue weighted by atomic mass is 10.1. The lowest BCUT2D eigenvalue weighted by molar-refractivity contribution is -0.120. The summed E-state index contributed by atoms with van der Waals surface area (Å²) in [6.07, 6.45) is 3.62. The number of hydrogen-bond donors (Lipinski definition) is 0. The summed E-state index contributed by atoms with van der Waals surface area (Å²) in [6.45, 7) is 3.45. The standard InChI is InChI=1S/C9H16O2/c1-3-9(11)7-5-4-6-8(2)10/h3-7H2,1-2H3. The monoisotopic (exact) mass is 156 g/mol. The lowest BCUT2D eigenvalue weighted by Gasteiger charge is -1.95. The maximum atomic E-state index is 10.8. The molecule has 0 aliphatic heterocycles. The summed E-state index contributed by atoms with van der Waals surface area (Å²) in [5.74, 6) is 0.516. The van der Waals surface area contributed by atoms with Gasteiger partial charge in [0.25, 0.3) is 0 Å². The summed E-state index contributed by atoms with van der Waals surface area (Å²) in [6, 6.07) is 0. The van der Waals surface area contributed by atoms with Crippen LogP contribution >= 0.6 is 0 Å². The minimum absolute atomic E-state index is 0.217. The zero-order chi connectivity index (χ0) is 8.69. The summed E-state index contributed by atoms with van der Waals surface area (Å²) in [5.41, 5.74) is 0. The third-order valence-electron chi connectivity index (χ3n) is 1.63. The van der Waals surface area contributed by atoms with Gasteiger partial charge in [0, 0.05) is 19.3 Å². The molecule has 0 aliphatic carbocycles. The van der Waals surface area contributed by atoms with Crippen LogP contribution in [0, 0.1) is 0 Å². The number of Topliss-reactive ketones (excluding diaryl/α,β-unsaturated/α-hetero) is 2. The zero-order valence-corrected chi connectivity index (χ0v) is 7.35. The molecule has 11 heavy (non-hydrogen) atoms. The molecule has 0 saturated heterocycles. The Bertz CT molecular complexity index is 138. The second-order valence-corrected chi connectivity index (χ2v) is 2.80. The highest BCUT2D eigenvalue weighted by atomic mass is 16.1. The summed E-state index contributed by atoms with van der Waals surface area (Å²) >= 11 is 0. The van der Waals surface area contributed by atoms with E-state index in [1.165, 1.54) is 0 Å². The molecule has 0 aliphatic rings. The van der Waals surface area contributed by atoms with Crippen molar-refractivity contribution >= 4 is 11.6 Å². The Balaban J connectivity index is 3.14. The molecule has 0 aromatic carbocycles. The molecular weight excluding hydrogens is 140 g/mol. The van der Waals surface area contributed by atoms with E-state index in [9.17, 15) is 9.59 Å². The molecule has 0 N–H and O–H groups in total. The second-order valence-electron chi connectivity index (χ2n) is 2.80. The van der Waals surface area contributed by atoms with Crippen molar-refractivity contribution in [3.63, 3.8) is 0 Å². The Morgan fingerprint density at radius 3 is 2.09 bits per heavy atom. The maximum Gasteiger partial charge on any atom is 0.132 e. The second kappa shape index (κ2) is 6.08. The lowest BCUT2D eigenvalue weighted by Crippen LogP contribution is -1.96. The van der Waals surface area contributed by atoms with E-state index in [0.717, 1.165) is 12.8 Å². The van der Waals surface area contributed by atoms with Gasteiger partial charge < -0.3 is 4.79 Å². The number of rotatable bonds is 6. The van der Waals surface area contributed by atoms with Gasteiger partial charge >= 0.3 is 0 Å². The fourth-order valence-corrected chi connectivity index (χ4v) is 0.873. The SMILES string of the molecule is CCC(=O)CCCCC(C)=O. The van der Waals surface area contributed by atoms with E-state index < -0.39 is 0 Å². The van der Waals surface area contributed by atoms with Crippen molar-refractivity contribution in [3.05, 3.63) is 0 Å². The first-order valence-corrected chi connectivity index (χ1v) is 4.18. The van der Waals surface area contributed by atoms with E-state index in [4.69, 9.17) is 0 Å². The van der Waals surface area contributed by atoms with Gasteiger partial charge in [-0.1, -0.05) is 6.92 Å². The molecule has 2 nitrogen and oxygen atoms in total. The molecule has 0 aromatic rings. The fourth-order valence-electron chi connectivity index (χ4n) is 0.873. The highest BCUT2D eigenvalue weighted by molar-refractivity contribution is 5.78. The summed E-state index contributed by atoms with van der Waals surface area (Å²) in [4.78, 5) is 21.2. The quantitative estimate of drug-likeness (QED) is 0.552. The van der Waals surface area contributed by atoms with Crippen molar-refractivity contribution in [1.82, 2.24) is 0 Å². The van der Waals surface area contributed by atoms with Crippen molar-refractivity contribution in [2.24, 2.45) is 0 Å². The van der Waals surface area contributed by atoms with Crippen LogP contribution in [0.4, 0.5) is 0 Å². The van der Waals surface area contributed by atoms with Gasteiger partial charge in [-0.25, -0.2) is 0 Å². The fraction of sp³-hybridized carbons (Fsp3) is 0.778. The zero-order valence-electron chi connectivity index (χ0n) is 7.35. The van der Waals surface area contributed by atoms with Crippen LogP contribution in [0.15, 0.2) is 0 Å². The average Bonchev–Trinajstić information content (AvgIpc) is 1.97. The van der Waals surface area contributed by atoms with E-state index in [0.29, 0.717) is 25.0 Å². The van der Waals surface area contributed by atoms with E-state index in [2.05, 4.69) is 0 Å². The van der Waals surface area contributed by atoms with Gasteiger partial charge in [0.1, 0.15) is 11.6 Å². The van der Waals surface area contributed by atoms with Crippen LogP contribution in [0.5, 0.6) is 0 Å². The summed E-state index contributed by atoms with van der Waals surface area (Å²) < 4.78 is 0.